The van der Waals surface area contributed by atoms with Crippen molar-refractivity contribution in [2.45, 2.75) is 30.8 Å². The minimum Gasteiger partial charge on any atom is -0.489 e. The molecule has 5 nitrogen and oxygen atoms in total. The van der Waals surface area contributed by atoms with Crippen molar-refractivity contribution in [2.75, 3.05) is 6.26 Å². The lowest BCUT2D eigenvalue weighted by atomic mass is 9.96. The van der Waals surface area contributed by atoms with Crippen LogP contribution in [0.3, 0.4) is 0 Å². The van der Waals surface area contributed by atoms with Crippen molar-refractivity contribution in [1.29, 1.82) is 0 Å². The molecule has 0 fully saturated rings. The maximum absolute atomic E-state index is 12.3. The van der Waals surface area contributed by atoms with Crippen LogP contribution < -0.4 is 4.74 Å². The summed E-state index contributed by atoms with van der Waals surface area (Å²) in [5.74, 6) is 5.19. The number of thiophene rings is 1. The molecule has 1 atom stereocenters. The molecule has 0 radical (unpaired) electrons. The van der Waals surface area contributed by atoms with Gasteiger partial charge in [0.1, 0.15) is 12.4 Å². The van der Waals surface area contributed by atoms with Gasteiger partial charge in [0, 0.05) is 27.5 Å². The van der Waals surface area contributed by atoms with Gasteiger partial charge in [0.2, 0.25) is 0 Å². The molecule has 1 N–H and O–H groups in total. The zero-order valence-electron chi connectivity index (χ0n) is 19.3. The minimum atomic E-state index is -3.35. The molecule has 35 heavy (non-hydrogen) atoms. The Morgan fingerprint density at radius 3 is 2.49 bits per heavy atom. The fraction of sp³-hybridized carbons (Fsp3) is 0.179. The number of aliphatic carboxylic acids is 1. The second-order valence-electron chi connectivity index (χ2n) is 8.15. The summed E-state index contributed by atoms with van der Waals surface area (Å²) < 4.78 is 31.5. The highest BCUT2D eigenvalue weighted by Crippen LogP contribution is 2.37. The molecule has 0 bridgehead atoms. The van der Waals surface area contributed by atoms with E-state index in [4.69, 9.17) is 9.84 Å². The first kappa shape index (κ1) is 24.5. The monoisotopic (exact) mass is 504 g/mol. The van der Waals surface area contributed by atoms with Crippen molar-refractivity contribution in [1.82, 2.24) is 0 Å². The summed E-state index contributed by atoms with van der Waals surface area (Å²) in [5.41, 5.74) is 3.45. The molecule has 0 aliphatic heterocycles. The van der Waals surface area contributed by atoms with Gasteiger partial charge in [0.05, 0.1) is 17.2 Å². The molecule has 1 aromatic heterocycles. The molecule has 4 rings (SSSR count). The first-order valence-corrected chi connectivity index (χ1v) is 13.7. The lowest BCUT2D eigenvalue weighted by molar-refractivity contribution is -0.137. The molecule has 178 valence electrons. The van der Waals surface area contributed by atoms with E-state index < -0.39 is 15.8 Å². The van der Waals surface area contributed by atoms with E-state index >= 15 is 0 Å². The average molecular weight is 505 g/mol. The Hall–Kier alpha value is -3.60. The number of rotatable bonds is 8. The van der Waals surface area contributed by atoms with Gasteiger partial charge in [0.25, 0.3) is 0 Å². The second-order valence-corrected chi connectivity index (χ2v) is 11.0. The Morgan fingerprint density at radius 1 is 1.06 bits per heavy atom. The topological polar surface area (TPSA) is 80.7 Å². The van der Waals surface area contributed by atoms with Gasteiger partial charge in [-0.3, -0.25) is 4.79 Å². The number of sulfone groups is 1. The first-order valence-electron chi connectivity index (χ1n) is 10.9. The molecule has 0 aliphatic rings. The van der Waals surface area contributed by atoms with Crippen LogP contribution in [0, 0.1) is 11.8 Å². The van der Waals surface area contributed by atoms with Crippen LogP contribution in [0.25, 0.3) is 21.2 Å². The number of hydrogen-bond acceptors (Lipinski definition) is 5. The fourth-order valence-corrected chi connectivity index (χ4v) is 5.87. The number of carbonyl (C=O) groups is 1. The summed E-state index contributed by atoms with van der Waals surface area (Å²) in [4.78, 5) is 11.4. The molecule has 4 aromatic rings. The summed E-state index contributed by atoms with van der Waals surface area (Å²) in [6.45, 7) is 2.07. The van der Waals surface area contributed by atoms with Crippen LogP contribution in [0.5, 0.6) is 5.75 Å². The zero-order valence-corrected chi connectivity index (χ0v) is 20.9. The number of fused-ring (bicyclic) bond motifs is 1. The van der Waals surface area contributed by atoms with Crippen molar-refractivity contribution in [3.05, 3.63) is 83.2 Å². The maximum atomic E-state index is 12.3. The highest BCUT2D eigenvalue weighted by Gasteiger charge is 2.17. The van der Waals surface area contributed by atoms with Gasteiger partial charge in [-0.05, 0) is 47.7 Å². The van der Waals surface area contributed by atoms with Crippen LogP contribution in [0.1, 0.15) is 30.4 Å². The molecule has 0 saturated heterocycles. The Bertz CT molecular complexity index is 1540. The van der Waals surface area contributed by atoms with E-state index in [1.54, 1.807) is 30.4 Å². The Balaban J connectivity index is 1.51. The third-order valence-corrected chi connectivity index (χ3v) is 7.70. The SMILES string of the molecule is CC#C[C@@H](CC(=O)O)c1ccc(OCc2ccc3c(-c4ccccc4S(C)(=O)=O)csc3c2)cc1. The second kappa shape index (κ2) is 10.3. The van der Waals surface area contributed by atoms with Gasteiger partial charge in [-0.1, -0.05) is 48.4 Å². The summed E-state index contributed by atoms with van der Waals surface area (Å²) >= 11 is 1.57. The van der Waals surface area contributed by atoms with E-state index in [0.717, 1.165) is 26.8 Å². The van der Waals surface area contributed by atoms with Crippen molar-refractivity contribution >= 4 is 37.2 Å². The zero-order chi connectivity index (χ0) is 25.0. The van der Waals surface area contributed by atoms with Crippen molar-refractivity contribution in [3.8, 4) is 28.7 Å². The average Bonchev–Trinajstić information content (AvgIpc) is 3.25. The molecular formula is C28H24O5S2. The van der Waals surface area contributed by atoms with E-state index in [2.05, 4.69) is 17.9 Å². The van der Waals surface area contributed by atoms with Crippen molar-refractivity contribution in [3.63, 3.8) is 0 Å². The smallest absolute Gasteiger partial charge is 0.304 e. The van der Waals surface area contributed by atoms with Gasteiger partial charge < -0.3 is 9.84 Å². The van der Waals surface area contributed by atoms with Gasteiger partial charge in [-0.15, -0.1) is 17.3 Å². The molecule has 1 heterocycles. The van der Waals surface area contributed by atoms with E-state index in [0.29, 0.717) is 22.8 Å². The summed E-state index contributed by atoms with van der Waals surface area (Å²) in [6, 6.07) is 20.4. The van der Waals surface area contributed by atoms with Crippen LogP contribution in [0.15, 0.2) is 77.0 Å². The summed E-state index contributed by atoms with van der Waals surface area (Å²) in [7, 11) is -3.35. The number of hydrogen-bond donors (Lipinski definition) is 1. The van der Waals surface area contributed by atoms with Crippen LogP contribution in [0.4, 0.5) is 0 Å². The van der Waals surface area contributed by atoms with Crippen LogP contribution in [-0.2, 0) is 21.2 Å². The van der Waals surface area contributed by atoms with Gasteiger partial charge >= 0.3 is 5.97 Å². The van der Waals surface area contributed by atoms with E-state index in [1.807, 2.05) is 53.9 Å². The summed E-state index contributed by atoms with van der Waals surface area (Å²) in [5, 5.41) is 12.1. The van der Waals surface area contributed by atoms with E-state index in [9.17, 15) is 13.2 Å². The molecule has 0 amide bonds. The van der Waals surface area contributed by atoms with Crippen LogP contribution in [-0.4, -0.2) is 25.7 Å². The maximum Gasteiger partial charge on any atom is 0.304 e. The molecule has 0 unspecified atom stereocenters. The molecule has 3 aromatic carbocycles. The molecule has 0 saturated carbocycles. The number of carboxylic acids is 1. The fourth-order valence-electron chi connectivity index (χ4n) is 3.95. The minimum absolute atomic E-state index is 0.0431. The predicted octanol–water partition coefficient (Wildman–Crippen LogP) is 6.13. The third-order valence-electron chi connectivity index (χ3n) is 5.60. The van der Waals surface area contributed by atoms with E-state index in [1.165, 1.54) is 6.26 Å². The van der Waals surface area contributed by atoms with Crippen LogP contribution in [0.2, 0.25) is 0 Å². The number of benzene rings is 3. The standard InChI is InChI=1S/C28H24O5S2/c1-3-6-21(16-28(29)30)20-10-12-22(13-11-20)33-17-19-9-14-23-25(18-34-26(23)15-19)24-7-4-5-8-27(24)35(2,31)32/h4-5,7-15,18,21H,16-17H2,1-2H3,(H,29,30)/t21-/m0/s1. The van der Waals surface area contributed by atoms with Gasteiger partial charge in [-0.2, -0.15) is 0 Å². The van der Waals surface area contributed by atoms with Gasteiger partial charge in [0.15, 0.2) is 9.84 Å². The first-order chi connectivity index (χ1) is 16.8. The van der Waals surface area contributed by atoms with E-state index in [-0.39, 0.29) is 12.3 Å². The quantitative estimate of drug-likeness (QED) is 0.292. The lowest BCUT2D eigenvalue weighted by Crippen LogP contribution is -2.04. The molecular weight excluding hydrogens is 480 g/mol. The van der Waals surface area contributed by atoms with Gasteiger partial charge in [-0.25, -0.2) is 8.42 Å². The van der Waals surface area contributed by atoms with Crippen molar-refractivity contribution in [2.24, 2.45) is 0 Å². The highest BCUT2D eigenvalue weighted by molar-refractivity contribution is 7.90. The van der Waals surface area contributed by atoms with Crippen LogP contribution >= 0.6 is 11.3 Å². The normalized spacial score (nSPS) is 12.1. The number of ether oxygens (including phenoxy) is 1. The van der Waals surface area contributed by atoms with Crippen molar-refractivity contribution < 1.29 is 23.1 Å². The largest absolute Gasteiger partial charge is 0.489 e. The third kappa shape index (κ3) is 5.73. The Kier molecular flexibility index (Phi) is 7.25. The molecule has 7 heteroatoms. The Labute approximate surface area is 208 Å². The lowest BCUT2D eigenvalue weighted by Gasteiger charge is -2.11. The molecule has 0 aliphatic carbocycles. The Morgan fingerprint density at radius 2 is 1.80 bits per heavy atom. The number of carboxylic acid groups (broad SMARTS) is 1. The highest BCUT2D eigenvalue weighted by atomic mass is 32.2. The predicted molar refractivity (Wildman–Crippen MR) is 140 cm³/mol. The molecule has 0 spiro atoms. The summed E-state index contributed by atoms with van der Waals surface area (Å²) in [6.07, 6.45) is 1.18.